The minimum Gasteiger partial charge on any atom is -0.493 e. The lowest BCUT2D eigenvalue weighted by Gasteiger charge is -2.12. The van der Waals surface area contributed by atoms with E-state index < -0.39 is 6.04 Å². The Bertz CT molecular complexity index is 385. The van der Waals surface area contributed by atoms with Crippen molar-refractivity contribution < 1.29 is 9.47 Å². The summed E-state index contributed by atoms with van der Waals surface area (Å²) in [6.07, 6.45) is 0.939. The monoisotopic (exact) mass is 220 g/mol. The number of benzene rings is 1. The summed E-state index contributed by atoms with van der Waals surface area (Å²) in [6, 6.07) is 7.02. The number of aryl methyl sites for hydroxylation is 1. The minimum atomic E-state index is -0.615. The average molecular weight is 220 g/mol. The van der Waals surface area contributed by atoms with Gasteiger partial charge in [-0.2, -0.15) is 5.26 Å². The van der Waals surface area contributed by atoms with Crippen molar-refractivity contribution in [2.75, 3.05) is 13.7 Å². The number of methoxy groups -OCH3 is 1. The second-order valence-corrected chi connectivity index (χ2v) is 3.39. The maximum atomic E-state index is 8.54. The fourth-order valence-corrected chi connectivity index (χ4v) is 1.27. The molecule has 1 aromatic rings. The molecule has 1 rings (SSSR count). The Hall–Kier alpha value is -1.73. The van der Waals surface area contributed by atoms with Gasteiger partial charge in [0.05, 0.1) is 13.2 Å². The highest BCUT2D eigenvalue weighted by molar-refractivity contribution is 5.43. The second-order valence-electron chi connectivity index (χ2n) is 3.39. The predicted molar refractivity (Wildman–Crippen MR) is 61.5 cm³/mol. The maximum absolute atomic E-state index is 8.54. The van der Waals surface area contributed by atoms with Crippen LogP contribution in [-0.2, 0) is 6.42 Å². The molecule has 4 nitrogen and oxygen atoms in total. The van der Waals surface area contributed by atoms with E-state index in [4.69, 9.17) is 20.5 Å². The number of nitriles is 1. The molecule has 0 heterocycles. The molecule has 86 valence electrons. The molecule has 1 aromatic carbocycles. The molecule has 0 aromatic heterocycles. The Morgan fingerprint density at radius 1 is 1.44 bits per heavy atom. The van der Waals surface area contributed by atoms with Crippen LogP contribution in [0, 0.1) is 11.3 Å². The zero-order chi connectivity index (χ0) is 12.0. The lowest BCUT2D eigenvalue weighted by Crippen LogP contribution is -2.25. The van der Waals surface area contributed by atoms with Gasteiger partial charge in [-0.05, 0) is 24.1 Å². The smallest absolute Gasteiger partial charge is 0.161 e. The van der Waals surface area contributed by atoms with Crippen LogP contribution < -0.4 is 15.2 Å². The first kappa shape index (κ1) is 12.3. The standard InChI is InChI=1S/C12H16N2O2/c1-3-9-4-5-11(12(6-9)15-2)16-8-10(14)7-13/h4-6,10H,3,8,14H2,1-2H3. The van der Waals surface area contributed by atoms with Crippen LogP contribution in [0.15, 0.2) is 18.2 Å². The van der Waals surface area contributed by atoms with E-state index in [0.29, 0.717) is 11.5 Å². The zero-order valence-electron chi connectivity index (χ0n) is 9.56. The fraction of sp³-hybridized carbons (Fsp3) is 0.417. The Balaban J connectivity index is 2.76. The van der Waals surface area contributed by atoms with Gasteiger partial charge in [0, 0.05) is 0 Å². The van der Waals surface area contributed by atoms with Gasteiger partial charge in [-0.25, -0.2) is 0 Å². The van der Waals surface area contributed by atoms with Crippen LogP contribution in [0.5, 0.6) is 11.5 Å². The van der Waals surface area contributed by atoms with Gasteiger partial charge >= 0.3 is 0 Å². The maximum Gasteiger partial charge on any atom is 0.161 e. The van der Waals surface area contributed by atoms with Crippen molar-refractivity contribution in [2.45, 2.75) is 19.4 Å². The van der Waals surface area contributed by atoms with Crippen molar-refractivity contribution in [3.63, 3.8) is 0 Å². The molecule has 0 saturated carbocycles. The Labute approximate surface area is 95.6 Å². The third kappa shape index (κ3) is 3.14. The number of hydrogen-bond acceptors (Lipinski definition) is 4. The lowest BCUT2D eigenvalue weighted by atomic mass is 10.1. The van der Waals surface area contributed by atoms with Crippen LogP contribution in [0.25, 0.3) is 0 Å². The Kier molecular flexibility index (Phi) is 4.62. The van der Waals surface area contributed by atoms with Gasteiger partial charge in [-0.1, -0.05) is 13.0 Å². The lowest BCUT2D eigenvalue weighted by molar-refractivity contribution is 0.287. The van der Waals surface area contributed by atoms with Crippen LogP contribution in [0.1, 0.15) is 12.5 Å². The molecule has 0 spiro atoms. The van der Waals surface area contributed by atoms with Crippen molar-refractivity contribution in [3.05, 3.63) is 23.8 Å². The summed E-state index contributed by atoms with van der Waals surface area (Å²) in [5.41, 5.74) is 6.62. The van der Waals surface area contributed by atoms with Crippen molar-refractivity contribution in [1.82, 2.24) is 0 Å². The molecule has 0 aliphatic heterocycles. The molecule has 0 saturated heterocycles. The van der Waals surface area contributed by atoms with Gasteiger partial charge in [0.25, 0.3) is 0 Å². The van der Waals surface area contributed by atoms with Crippen LogP contribution in [0.2, 0.25) is 0 Å². The largest absolute Gasteiger partial charge is 0.493 e. The summed E-state index contributed by atoms with van der Waals surface area (Å²) >= 11 is 0. The van der Waals surface area contributed by atoms with Gasteiger partial charge in [0.2, 0.25) is 0 Å². The van der Waals surface area contributed by atoms with E-state index in [-0.39, 0.29) is 6.61 Å². The molecule has 1 atom stereocenters. The fourth-order valence-electron chi connectivity index (χ4n) is 1.27. The number of rotatable bonds is 5. The summed E-state index contributed by atoms with van der Waals surface area (Å²) < 4.78 is 10.6. The van der Waals surface area contributed by atoms with E-state index in [1.165, 1.54) is 5.56 Å². The van der Waals surface area contributed by atoms with Gasteiger partial charge < -0.3 is 15.2 Å². The highest BCUT2D eigenvalue weighted by atomic mass is 16.5. The van der Waals surface area contributed by atoms with Gasteiger partial charge in [-0.3, -0.25) is 0 Å². The molecule has 0 aliphatic rings. The van der Waals surface area contributed by atoms with Gasteiger partial charge in [0.1, 0.15) is 12.6 Å². The topological polar surface area (TPSA) is 68.3 Å². The van der Waals surface area contributed by atoms with E-state index in [1.807, 2.05) is 24.3 Å². The highest BCUT2D eigenvalue weighted by Crippen LogP contribution is 2.28. The van der Waals surface area contributed by atoms with Gasteiger partial charge in [0.15, 0.2) is 11.5 Å². The van der Waals surface area contributed by atoms with E-state index in [9.17, 15) is 0 Å². The summed E-state index contributed by atoms with van der Waals surface area (Å²) in [4.78, 5) is 0. The first-order valence-electron chi connectivity index (χ1n) is 5.16. The number of nitrogens with zero attached hydrogens (tertiary/aromatic N) is 1. The Morgan fingerprint density at radius 2 is 2.19 bits per heavy atom. The SMILES string of the molecule is CCc1ccc(OCC(N)C#N)c(OC)c1. The number of hydrogen-bond donors (Lipinski definition) is 1. The molecule has 0 amide bonds. The quantitative estimate of drug-likeness (QED) is 0.816. The van der Waals surface area contributed by atoms with Crippen molar-refractivity contribution >= 4 is 0 Å². The summed E-state index contributed by atoms with van der Waals surface area (Å²) in [5, 5.41) is 8.54. The molecule has 0 fully saturated rings. The van der Waals surface area contributed by atoms with Crippen molar-refractivity contribution in [1.29, 1.82) is 5.26 Å². The first-order chi connectivity index (χ1) is 7.71. The molecule has 4 heteroatoms. The molecule has 1 unspecified atom stereocenters. The van der Waals surface area contributed by atoms with Crippen LogP contribution >= 0.6 is 0 Å². The summed E-state index contributed by atoms with van der Waals surface area (Å²) in [7, 11) is 1.59. The summed E-state index contributed by atoms with van der Waals surface area (Å²) in [5.74, 6) is 1.29. The second kappa shape index (κ2) is 5.99. The van der Waals surface area contributed by atoms with E-state index in [1.54, 1.807) is 7.11 Å². The normalized spacial score (nSPS) is 11.6. The minimum absolute atomic E-state index is 0.165. The number of ether oxygens (including phenoxy) is 2. The molecule has 0 bridgehead atoms. The van der Waals surface area contributed by atoms with Crippen molar-refractivity contribution in [3.8, 4) is 17.6 Å². The molecular weight excluding hydrogens is 204 g/mol. The number of nitrogens with two attached hydrogens (primary N) is 1. The highest BCUT2D eigenvalue weighted by Gasteiger charge is 2.07. The average Bonchev–Trinajstić information content (AvgIpc) is 2.35. The zero-order valence-corrected chi connectivity index (χ0v) is 9.56. The van der Waals surface area contributed by atoms with Crippen LogP contribution in [0.4, 0.5) is 0 Å². The van der Waals surface area contributed by atoms with E-state index >= 15 is 0 Å². The first-order valence-corrected chi connectivity index (χ1v) is 5.16. The van der Waals surface area contributed by atoms with E-state index in [2.05, 4.69) is 6.92 Å². The van der Waals surface area contributed by atoms with Crippen LogP contribution in [-0.4, -0.2) is 19.8 Å². The molecule has 16 heavy (non-hydrogen) atoms. The molecule has 0 aliphatic carbocycles. The predicted octanol–water partition coefficient (Wildman–Crippen LogP) is 1.49. The summed E-state index contributed by atoms with van der Waals surface area (Å²) in [6.45, 7) is 2.24. The van der Waals surface area contributed by atoms with Crippen molar-refractivity contribution in [2.24, 2.45) is 5.73 Å². The third-order valence-corrected chi connectivity index (χ3v) is 2.22. The molecule has 0 radical (unpaired) electrons. The molecule has 2 N–H and O–H groups in total. The van der Waals surface area contributed by atoms with E-state index in [0.717, 1.165) is 6.42 Å². The van der Waals surface area contributed by atoms with Crippen LogP contribution in [0.3, 0.4) is 0 Å². The molecular formula is C12H16N2O2. The Morgan fingerprint density at radius 3 is 2.75 bits per heavy atom. The third-order valence-electron chi connectivity index (χ3n) is 2.22. The van der Waals surface area contributed by atoms with Gasteiger partial charge in [-0.15, -0.1) is 0 Å².